The largest absolute Gasteiger partial charge is 0.494 e. The van der Waals surface area contributed by atoms with Crippen LogP contribution >= 0.6 is 0 Å². The van der Waals surface area contributed by atoms with Crippen LogP contribution in [-0.4, -0.2) is 41.1 Å². The second kappa shape index (κ2) is 7.88. The highest BCUT2D eigenvalue weighted by Crippen LogP contribution is 2.38. The van der Waals surface area contributed by atoms with E-state index in [2.05, 4.69) is 4.98 Å². The van der Waals surface area contributed by atoms with E-state index in [9.17, 15) is 9.18 Å². The minimum atomic E-state index is -0.323. The van der Waals surface area contributed by atoms with Gasteiger partial charge in [0.05, 0.1) is 13.0 Å². The first-order valence-corrected chi connectivity index (χ1v) is 10.1. The summed E-state index contributed by atoms with van der Waals surface area (Å²) in [6, 6.07) is 13.8. The molecule has 1 amide bonds. The molecule has 0 atom stereocenters. The number of nitrogens with two attached hydrogens (primary N) is 1. The Morgan fingerprint density at radius 3 is 2.53 bits per heavy atom. The monoisotopic (exact) mass is 429 g/mol. The Balaban J connectivity index is 1.71. The average Bonchev–Trinajstić information content (AvgIpc) is 2.78. The number of ether oxygens (including phenoxy) is 1. The summed E-state index contributed by atoms with van der Waals surface area (Å²) in [5.74, 6) is 0.928. The van der Waals surface area contributed by atoms with Gasteiger partial charge in [0, 0.05) is 36.4 Å². The molecule has 32 heavy (non-hydrogen) atoms. The molecule has 1 saturated heterocycles. The van der Waals surface area contributed by atoms with Crippen molar-refractivity contribution in [1.82, 2.24) is 15.0 Å². The summed E-state index contributed by atoms with van der Waals surface area (Å²) < 4.78 is 19.1. The van der Waals surface area contributed by atoms with Gasteiger partial charge in [0.1, 0.15) is 22.9 Å². The molecular formula is C24H20FN5O2. The van der Waals surface area contributed by atoms with Crippen LogP contribution in [0.3, 0.4) is 0 Å². The number of hydrogen-bond acceptors (Lipinski definition) is 6. The number of fused-ring (bicyclic) bond motifs is 1. The molecular weight excluding hydrogens is 409 g/mol. The zero-order chi connectivity index (χ0) is 22.2. The zero-order valence-corrected chi connectivity index (χ0v) is 17.3. The third-order valence-electron chi connectivity index (χ3n) is 5.65. The lowest BCUT2D eigenvalue weighted by molar-refractivity contribution is -0.122. The normalized spacial score (nSPS) is 13.8. The Hall–Kier alpha value is -4.07. The molecule has 2 aromatic heterocycles. The Morgan fingerprint density at radius 2 is 1.88 bits per heavy atom. The molecule has 0 aliphatic carbocycles. The minimum absolute atomic E-state index is 0.218. The summed E-state index contributed by atoms with van der Waals surface area (Å²) in [7, 11) is 1.58. The number of primary amides is 1. The summed E-state index contributed by atoms with van der Waals surface area (Å²) in [5, 5.41) is 0.777. The van der Waals surface area contributed by atoms with Crippen molar-refractivity contribution in [3.8, 4) is 28.3 Å². The van der Waals surface area contributed by atoms with Crippen molar-refractivity contribution in [3.05, 3.63) is 66.7 Å². The fourth-order valence-electron chi connectivity index (χ4n) is 3.85. The van der Waals surface area contributed by atoms with Crippen LogP contribution in [0.15, 0.2) is 60.9 Å². The van der Waals surface area contributed by atoms with Gasteiger partial charge in [0.25, 0.3) is 0 Å². The molecule has 1 aliphatic heterocycles. The van der Waals surface area contributed by atoms with E-state index in [4.69, 9.17) is 20.4 Å². The van der Waals surface area contributed by atoms with Gasteiger partial charge in [-0.05, 0) is 47.5 Å². The van der Waals surface area contributed by atoms with Gasteiger partial charge < -0.3 is 15.4 Å². The average molecular weight is 429 g/mol. The highest BCUT2D eigenvalue weighted by atomic mass is 19.1. The Kier molecular flexibility index (Phi) is 4.89. The minimum Gasteiger partial charge on any atom is -0.494 e. The van der Waals surface area contributed by atoms with Crippen molar-refractivity contribution in [2.45, 2.75) is 0 Å². The molecule has 0 unspecified atom stereocenters. The number of carbonyl (C=O) groups excluding carboxylic acids is 1. The molecule has 7 nitrogen and oxygen atoms in total. The molecule has 8 heteroatoms. The molecule has 4 aromatic rings. The summed E-state index contributed by atoms with van der Waals surface area (Å²) in [5.41, 5.74) is 8.57. The molecule has 2 aromatic carbocycles. The lowest BCUT2D eigenvalue weighted by Crippen LogP contribution is -2.53. The van der Waals surface area contributed by atoms with E-state index >= 15 is 0 Å². The molecule has 0 radical (unpaired) electrons. The maximum absolute atomic E-state index is 13.4. The van der Waals surface area contributed by atoms with Crippen LogP contribution in [0.4, 0.5) is 10.2 Å². The molecule has 1 fully saturated rings. The number of carbonyl (C=O) groups is 1. The second-order valence-corrected chi connectivity index (χ2v) is 7.70. The number of amides is 1. The van der Waals surface area contributed by atoms with E-state index in [-0.39, 0.29) is 17.6 Å². The standard InChI is InChI=1S/C24H20FN5O2/c1-32-20-10-16(14-4-6-18(25)7-5-14)9-19-21(20)28-23(15-3-2-8-27-11-15)29-24(19)30-12-17(13-30)22(26)31/h2-11,17H,12-13H2,1H3,(H2,26,31). The second-order valence-electron chi connectivity index (χ2n) is 7.70. The summed E-state index contributed by atoms with van der Waals surface area (Å²) in [6.07, 6.45) is 3.39. The molecule has 2 N–H and O–H groups in total. The zero-order valence-electron chi connectivity index (χ0n) is 17.3. The van der Waals surface area contributed by atoms with Crippen LogP contribution in [0.5, 0.6) is 5.75 Å². The van der Waals surface area contributed by atoms with Crippen molar-refractivity contribution >= 4 is 22.6 Å². The summed E-state index contributed by atoms with van der Waals surface area (Å²) >= 11 is 0. The SMILES string of the molecule is COc1cc(-c2ccc(F)cc2)cc2c(N3CC(C(N)=O)C3)nc(-c3cccnc3)nc12. The van der Waals surface area contributed by atoms with Crippen LogP contribution in [0.25, 0.3) is 33.4 Å². The van der Waals surface area contributed by atoms with Gasteiger partial charge in [0.2, 0.25) is 5.91 Å². The third kappa shape index (κ3) is 3.49. The predicted molar refractivity (Wildman–Crippen MR) is 120 cm³/mol. The third-order valence-corrected chi connectivity index (χ3v) is 5.65. The molecule has 3 heterocycles. The first-order chi connectivity index (χ1) is 15.5. The molecule has 160 valence electrons. The highest BCUT2D eigenvalue weighted by molar-refractivity contribution is 5.99. The van der Waals surface area contributed by atoms with Crippen molar-refractivity contribution < 1.29 is 13.9 Å². The molecule has 0 bridgehead atoms. The smallest absolute Gasteiger partial charge is 0.224 e. The first-order valence-electron chi connectivity index (χ1n) is 10.1. The number of hydrogen-bond donors (Lipinski definition) is 1. The van der Waals surface area contributed by atoms with E-state index in [0.717, 1.165) is 22.1 Å². The molecule has 1 aliphatic rings. The van der Waals surface area contributed by atoms with Crippen LogP contribution < -0.4 is 15.4 Å². The van der Waals surface area contributed by atoms with E-state index in [1.54, 1.807) is 31.6 Å². The summed E-state index contributed by atoms with van der Waals surface area (Å²) in [6.45, 7) is 0.966. The van der Waals surface area contributed by atoms with Gasteiger partial charge in [-0.1, -0.05) is 12.1 Å². The van der Waals surface area contributed by atoms with Crippen LogP contribution in [0, 0.1) is 11.7 Å². The van der Waals surface area contributed by atoms with Crippen molar-refractivity contribution in [2.24, 2.45) is 11.7 Å². The van der Waals surface area contributed by atoms with Gasteiger partial charge in [-0.25, -0.2) is 14.4 Å². The maximum atomic E-state index is 13.4. The molecule has 0 saturated carbocycles. The number of benzene rings is 2. The Morgan fingerprint density at radius 1 is 1.09 bits per heavy atom. The van der Waals surface area contributed by atoms with E-state index in [1.807, 2.05) is 29.2 Å². The van der Waals surface area contributed by atoms with Crippen molar-refractivity contribution in [3.63, 3.8) is 0 Å². The van der Waals surface area contributed by atoms with Crippen molar-refractivity contribution in [1.29, 1.82) is 0 Å². The predicted octanol–water partition coefficient (Wildman–Crippen LogP) is 3.43. The van der Waals surface area contributed by atoms with E-state index < -0.39 is 0 Å². The molecule has 0 spiro atoms. The lowest BCUT2D eigenvalue weighted by atomic mass is 9.97. The molecule has 5 rings (SSSR count). The number of anilines is 1. The van der Waals surface area contributed by atoms with Gasteiger partial charge in [-0.15, -0.1) is 0 Å². The van der Waals surface area contributed by atoms with Crippen LogP contribution in [0.2, 0.25) is 0 Å². The fraction of sp³-hybridized carbons (Fsp3) is 0.167. The lowest BCUT2D eigenvalue weighted by Gasteiger charge is -2.39. The number of halogens is 1. The number of pyridine rings is 1. The number of methoxy groups -OCH3 is 1. The Bertz CT molecular complexity index is 1310. The highest BCUT2D eigenvalue weighted by Gasteiger charge is 2.33. The van der Waals surface area contributed by atoms with Crippen LogP contribution in [-0.2, 0) is 4.79 Å². The fourth-order valence-corrected chi connectivity index (χ4v) is 3.85. The van der Waals surface area contributed by atoms with Gasteiger partial charge >= 0.3 is 0 Å². The number of nitrogens with zero attached hydrogens (tertiary/aromatic N) is 4. The first kappa shape index (κ1) is 19.9. The number of aromatic nitrogens is 3. The van der Waals surface area contributed by atoms with E-state index in [0.29, 0.717) is 36.0 Å². The quantitative estimate of drug-likeness (QED) is 0.522. The van der Waals surface area contributed by atoms with Gasteiger partial charge in [0.15, 0.2) is 5.82 Å². The van der Waals surface area contributed by atoms with Crippen LogP contribution in [0.1, 0.15) is 0 Å². The van der Waals surface area contributed by atoms with Gasteiger partial charge in [-0.2, -0.15) is 0 Å². The summed E-state index contributed by atoms with van der Waals surface area (Å²) in [4.78, 5) is 27.3. The Labute approximate surface area is 183 Å². The maximum Gasteiger partial charge on any atom is 0.224 e. The van der Waals surface area contributed by atoms with Gasteiger partial charge in [-0.3, -0.25) is 9.78 Å². The van der Waals surface area contributed by atoms with E-state index in [1.165, 1.54) is 12.1 Å². The topological polar surface area (TPSA) is 94.2 Å². The van der Waals surface area contributed by atoms with Crippen molar-refractivity contribution in [2.75, 3.05) is 25.1 Å². The number of rotatable bonds is 5.